The Kier molecular flexibility index (Phi) is 6.26. The summed E-state index contributed by atoms with van der Waals surface area (Å²) in [6.07, 6.45) is 2.33. The van der Waals surface area contributed by atoms with Gasteiger partial charge in [-0.15, -0.1) is 0 Å². The molecule has 0 aliphatic carbocycles. The Morgan fingerprint density at radius 1 is 1.42 bits per heavy atom. The molecule has 0 heterocycles. The van der Waals surface area contributed by atoms with E-state index in [1.54, 1.807) is 12.1 Å². The van der Waals surface area contributed by atoms with Gasteiger partial charge in [0.25, 0.3) is 0 Å². The summed E-state index contributed by atoms with van der Waals surface area (Å²) in [5, 5.41) is 3.16. The molecular formula is C16H22FNO. The van der Waals surface area contributed by atoms with Crippen LogP contribution in [0, 0.1) is 5.82 Å². The minimum absolute atomic E-state index is 0.0894. The minimum Gasteiger partial charge on any atom is -0.386 e. The van der Waals surface area contributed by atoms with Gasteiger partial charge in [0, 0.05) is 24.6 Å². The number of nitrogens with one attached hydrogen (secondary N) is 1. The summed E-state index contributed by atoms with van der Waals surface area (Å²) >= 11 is 0. The number of carbonyl (C=O) groups is 1. The van der Waals surface area contributed by atoms with Crippen molar-refractivity contribution in [2.45, 2.75) is 45.6 Å². The molecule has 0 bridgehead atoms. The molecule has 19 heavy (non-hydrogen) atoms. The number of Topliss-reactive ketones (excluding diaryl/α,β-unsaturated/α-hetero) is 1. The fraction of sp³-hybridized carbons (Fsp3) is 0.438. The summed E-state index contributed by atoms with van der Waals surface area (Å²) in [4.78, 5) is 11.7. The Balaban J connectivity index is 2.71. The fourth-order valence-electron chi connectivity index (χ4n) is 2.11. The monoisotopic (exact) mass is 263 g/mol. The quantitative estimate of drug-likeness (QED) is 0.776. The molecule has 0 fully saturated rings. The van der Waals surface area contributed by atoms with E-state index in [0.717, 1.165) is 12.1 Å². The third-order valence-corrected chi connectivity index (χ3v) is 2.88. The van der Waals surface area contributed by atoms with E-state index in [0.29, 0.717) is 24.8 Å². The number of halogens is 1. The van der Waals surface area contributed by atoms with Crippen molar-refractivity contribution >= 4 is 5.78 Å². The lowest BCUT2D eigenvalue weighted by Gasteiger charge is -2.19. The maximum atomic E-state index is 13.6. The van der Waals surface area contributed by atoms with Crippen LogP contribution < -0.4 is 5.32 Å². The van der Waals surface area contributed by atoms with Gasteiger partial charge in [-0.2, -0.15) is 0 Å². The molecule has 104 valence electrons. The Morgan fingerprint density at radius 2 is 2.11 bits per heavy atom. The predicted octanol–water partition coefficient (Wildman–Crippen LogP) is 3.62. The normalized spacial score (nSPS) is 11.9. The fourth-order valence-corrected chi connectivity index (χ4v) is 2.11. The van der Waals surface area contributed by atoms with Gasteiger partial charge in [0.2, 0.25) is 0 Å². The molecule has 0 spiro atoms. The average molecular weight is 263 g/mol. The first kappa shape index (κ1) is 15.4. The lowest BCUT2D eigenvalue weighted by Crippen LogP contribution is -2.32. The van der Waals surface area contributed by atoms with Crippen LogP contribution in [0.25, 0.3) is 0 Å². The summed E-state index contributed by atoms with van der Waals surface area (Å²) < 4.78 is 13.6. The van der Waals surface area contributed by atoms with E-state index in [1.807, 2.05) is 19.9 Å². The SMILES string of the molecule is C=C(C)N[C@@H](CC(=O)CCC)Cc1ccccc1F. The lowest BCUT2D eigenvalue weighted by molar-refractivity contribution is -0.119. The van der Waals surface area contributed by atoms with Crippen LogP contribution in [0.4, 0.5) is 4.39 Å². The van der Waals surface area contributed by atoms with Crippen LogP contribution >= 0.6 is 0 Å². The van der Waals surface area contributed by atoms with Crippen molar-refractivity contribution in [2.24, 2.45) is 0 Å². The summed E-state index contributed by atoms with van der Waals surface area (Å²) in [6.45, 7) is 7.62. The largest absolute Gasteiger partial charge is 0.386 e. The predicted molar refractivity (Wildman–Crippen MR) is 76.4 cm³/mol. The zero-order chi connectivity index (χ0) is 14.3. The van der Waals surface area contributed by atoms with Crippen molar-refractivity contribution in [3.63, 3.8) is 0 Å². The molecule has 0 aliphatic heterocycles. The molecule has 0 amide bonds. The van der Waals surface area contributed by atoms with E-state index in [2.05, 4.69) is 11.9 Å². The van der Waals surface area contributed by atoms with Crippen molar-refractivity contribution in [1.82, 2.24) is 5.32 Å². The smallest absolute Gasteiger partial charge is 0.134 e. The van der Waals surface area contributed by atoms with Gasteiger partial charge in [-0.3, -0.25) is 4.79 Å². The summed E-state index contributed by atoms with van der Waals surface area (Å²) in [5.41, 5.74) is 1.43. The second-order valence-electron chi connectivity index (χ2n) is 4.91. The second kappa shape index (κ2) is 7.72. The van der Waals surface area contributed by atoms with Crippen molar-refractivity contribution in [3.8, 4) is 0 Å². The molecule has 3 heteroatoms. The lowest BCUT2D eigenvalue weighted by atomic mass is 9.99. The molecule has 0 aromatic heterocycles. The van der Waals surface area contributed by atoms with Crippen molar-refractivity contribution < 1.29 is 9.18 Å². The number of rotatable bonds is 8. The van der Waals surface area contributed by atoms with Gasteiger partial charge in [0.15, 0.2) is 0 Å². The highest BCUT2D eigenvalue weighted by Gasteiger charge is 2.15. The molecule has 1 N–H and O–H groups in total. The van der Waals surface area contributed by atoms with E-state index in [9.17, 15) is 9.18 Å². The van der Waals surface area contributed by atoms with Gasteiger partial charge >= 0.3 is 0 Å². The Morgan fingerprint density at radius 3 is 2.68 bits per heavy atom. The summed E-state index contributed by atoms with van der Waals surface area (Å²) in [7, 11) is 0. The van der Waals surface area contributed by atoms with E-state index >= 15 is 0 Å². The molecule has 1 aromatic carbocycles. The molecule has 2 nitrogen and oxygen atoms in total. The van der Waals surface area contributed by atoms with Crippen molar-refractivity contribution in [3.05, 3.63) is 47.9 Å². The number of benzene rings is 1. The van der Waals surface area contributed by atoms with E-state index in [4.69, 9.17) is 0 Å². The van der Waals surface area contributed by atoms with Crippen LogP contribution in [0.2, 0.25) is 0 Å². The molecule has 1 aromatic rings. The molecular weight excluding hydrogens is 241 g/mol. The zero-order valence-corrected chi connectivity index (χ0v) is 11.7. The van der Waals surface area contributed by atoms with Crippen LogP contribution in [-0.2, 0) is 11.2 Å². The third-order valence-electron chi connectivity index (χ3n) is 2.88. The van der Waals surface area contributed by atoms with Gasteiger partial charge in [-0.1, -0.05) is 31.7 Å². The number of carbonyl (C=O) groups excluding carboxylic acids is 1. The number of hydrogen-bond acceptors (Lipinski definition) is 2. The van der Waals surface area contributed by atoms with Gasteiger partial charge < -0.3 is 5.32 Å². The van der Waals surface area contributed by atoms with Gasteiger partial charge in [0.05, 0.1) is 0 Å². The number of hydrogen-bond donors (Lipinski definition) is 1. The molecule has 1 rings (SSSR count). The Labute approximate surface area is 114 Å². The topological polar surface area (TPSA) is 29.1 Å². The molecule has 0 radical (unpaired) electrons. The maximum absolute atomic E-state index is 13.6. The summed E-state index contributed by atoms with van der Waals surface area (Å²) in [5.74, 6) is -0.0171. The molecule has 1 atom stereocenters. The van der Waals surface area contributed by atoms with Crippen LogP contribution in [0.15, 0.2) is 36.5 Å². The second-order valence-corrected chi connectivity index (χ2v) is 4.91. The number of ketones is 1. The highest BCUT2D eigenvalue weighted by Crippen LogP contribution is 2.12. The molecule has 0 saturated heterocycles. The van der Waals surface area contributed by atoms with E-state index in [-0.39, 0.29) is 17.6 Å². The van der Waals surface area contributed by atoms with Crippen LogP contribution in [-0.4, -0.2) is 11.8 Å². The minimum atomic E-state index is -0.223. The third kappa shape index (κ3) is 5.69. The van der Waals surface area contributed by atoms with Gasteiger partial charge in [-0.25, -0.2) is 4.39 Å². The van der Waals surface area contributed by atoms with Gasteiger partial charge in [0.1, 0.15) is 11.6 Å². The first-order chi connectivity index (χ1) is 9.02. The maximum Gasteiger partial charge on any atom is 0.134 e. The van der Waals surface area contributed by atoms with Crippen molar-refractivity contribution in [1.29, 1.82) is 0 Å². The standard InChI is InChI=1S/C16H22FNO/c1-4-7-15(19)11-14(18-12(2)3)10-13-8-5-6-9-16(13)17/h5-6,8-9,14,18H,2,4,7,10-11H2,1,3H3/t14-/m1/s1. The van der Waals surface area contributed by atoms with Crippen LogP contribution in [0.1, 0.15) is 38.7 Å². The van der Waals surface area contributed by atoms with Gasteiger partial charge in [-0.05, 0) is 31.4 Å². The van der Waals surface area contributed by atoms with Crippen LogP contribution in [0.3, 0.4) is 0 Å². The zero-order valence-electron chi connectivity index (χ0n) is 11.7. The Bertz CT molecular complexity index is 442. The van der Waals surface area contributed by atoms with Crippen LogP contribution in [0.5, 0.6) is 0 Å². The van der Waals surface area contributed by atoms with E-state index in [1.165, 1.54) is 6.07 Å². The Hall–Kier alpha value is -1.64. The highest BCUT2D eigenvalue weighted by atomic mass is 19.1. The highest BCUT2D eigenvalue weighted by molar-refractivity contribution is 5.79. The molecule has 0 unspecified atom stereocenters. The first-order valence-corrected chi connectivity index (χ1v) is 6.70. The van der Waals surface area contributed by atoms with E-state index < -0.39 is 0 Å². The van der Waals surface area contributed by atoms with Crippen molar-refractivity contribution in [2.75, 3.05) is 0 Å². The molecule has 0 saturated carbocycles. The summed E-state index contributed by atoms with van der Waals surface area (Å²) in [6, 6.07) is 6.59. The molecule has 0 aliphatic rings. The number of allylic oxidation sites excluding steroid dienone is 1. The average Bonchev–Trinajstić information content (AvgIpc) is 2.31. The first-order valence-electron chi connectivity index (χ1n) is 6.70.